The molecule has 0 spiro atoms. The van der Waals surface area contributed by atoms with Gasteiger partial charge in [0, 0.05) is 42.8 Å². The van der Waals surface area contributed by atoms with Crippen LogP contribution >= 0.6 is 24.0 Å². The average Bonchev–Trinajstić information content (AvgIpc) is 3.21. The van der Waals surface area contributed by atoms with E-state index in [1.54, 1.807) is 30.1 Å². The van der Waals surface area contributed by atoms with Gasteiger partial charge in [0.15, 0.2) is 0 Å². The van der Waals surface area contributed by atoms with E-state index in [4.69, 9.17) is 11.6 Å². The Labute approximate surface area is 174 Å². The van der Waals surface area contributed by atoms with Crippen molar-refractivity contribution in [1.82, 2.24) is 10.2 Å². The highest BCUT2D eigenvalue weighted by Gasteiger charge is 2.26. The molecule has 1 saturated heterocycles. The molecular weight excluding hydrogens is 403 g/mol. The van der Waals surface area contributed by atoms with E-state index in [2.05, 4.69) is 10.6 Å². The smallest absolute Gasteiger partial charge is 0.293 e. The van der Waals surface area contributed by atoms with Gasteiger partial charge in [-0.2, -0.15) is 0 Å². The Morgan fingerprint density at radius 1 is 1.36 bits per heavy atom. The molecule has 1 atom stereocenters. The van der Waals surface area contributed by atoms with Crippen LogP contribution in [0.1, 0.15) is 22.3 Å². The topological polar surface area (TPSA) is 87.5 Å². The second kappa shape index (κ2) is 9.73. The lowest BCUT2D eigenvalue weighted by Crippen LogP contribution is -2.38. The fourth-order valence-electron chi connectivity index (χ4n) is 3.14. The number of hydrogen-bond donors (Lipinski definition) is 2. The third kappa shape index (κ3) is 4.92. The lowest BCUT2D eigenvalue weighted by Gasteiger charge is -2.23. The molecule has 2 aromatic rings. The predicted molar refractivity (Wildman–Crippen MR) is 112 cm³/mol. The minimum Gasteiger partial charge on any atom is -0.375 e. The van der Waals surface area contributed by atoms with Gasteiger partial charge in [-0.3, -0.25) is 14.9 Å². The molecule has 0 aromatic heterocycles. The first-order chi connectivity index (χ1) is 13.0. The van der Waals surface area contributed by atoms with Crippen molar-refractivity contribution in [3.63, 3.8) is 0 Å². The Balaban J connectivity index is 0.00000280. The first-order valence-corrected chi connectivity index (χ1v) is 9.08. The van der Waals surface area contributed by atoms with Crippen molar-refractivity contribution in [3.8, 4) is 0 Å². The summed E-state index contributed by atoms with van der Waals surface area (Å²) >= 11 is 6.13. The van der Waals surface area contributed by atoms with E-state index < -0.39 is 4.92 Å². The number of rotatable bonds is 6. The van der Waals surface area contributed by atoms with Crippen molar-refractivity contribution >= 4 is 41.3 Å². The molecule has 9 heteroatoms. The molecule has 1 aliphatic rings. The van der Waals surface area contributed by atoms with E-state index >= 15 is 0 Å². The second-order valence-corrected chi connectivity index (χ2v) is 6.90. The van der Waals surface area contributed by atoms with E-state index in [0.29, 0.717) is 22.8 Å². The van der Waals surface area contributed by atoms with E-state index in [9.17, 15) is 14.9 Å². The predicted octanol–water partition coefficient (Wildman–Crippen LogP) is 3.72. The monoisotopic (exact) mass is 424 g/mol. The van der Waals surface area contributed by atoms with E-state index in [-0.39, 0.29) is 30.0 Å². The zero-order valence-corrected chi connectivity index (χ0v) is 16.9. The third-order valence-corrected chi connectivity index (χ3v) is 5.14. The highest BCUT2D eigenvalue weighted by Crippen LogP contribution is 2.28. The SMILES string of the molecule is CN(C(=O)c1ccc(NCc2ccccc2Cl)c([N+](=O)[O-])c1)C1CCNC1.Cl. The Morgan fingerprint density at radius 2 is 2.11 bits per heavy atom. The molecule has 2 aromatic carbocycles. The molecule has 0 aliphatic carbocycles. The molecule has 0 radical (unpaired) electrons. The molecule has 1 amide bonds. The highest BCUT2D eigenvalue weighted by atomic mass is 35.5. The Hall–Kier alpha value is -2.35. The van der Waals surface area contributed by atoms with Gasteiger partial charge in [0.2, 0.25) is 0 Å². The summed E-state index contributed by atoms with van der Waals surface area (Å²) in [5.41, 5.74) is 1.36. The minimum atomic E-state index is -0.483. The van der Waals surface area contributed by atoms with Crippen molar-refractivity contribution in [2.24, 2.45) is 0 Å². The Kier molecular flexibility index (Phi) is 7.62. The third-order valence-electron chi connectivity index (χ3n) is 4.77. The lowest BCUT2D eigenvalue weighted by molar-refractivity contribution is -0.384. The number of hydrogen-bond acceptors (Lipinski definition) is 5. The number of halogens is 2. The largest absolute Gasteiger partial charge is 0.375 e. The molecular formula is C19H22Cl2N4O3. The quantitative estimate of drug-likeness (QED) is 0.544. The van der Waals surface area contributed by atoms with Gasteiger partial charge in [-0.05, 0) is 36.7 Å². The summed E-state index contributed by atoms with van der Waals surface area (Å²) in [6.45, 7) is 1.95. The van der Waals surface area contributed by atoms with Gasteiger partial charge < -0.3 is 15.5 Å². The molecule has 1 fully saturated rings. The zero-order valence-electron chi connectivity index (χ0n) is 15.4. The number of likely N-dealkylation sites (N-methyl/N-ethyl adjacent to an activating group) is 1. The molecule has 2 N–H and O–H groups in total. The highest BCUT2D eigenvalue weighted by molar-refractivity contribution is 6.31. The molecule has 7 nitrogen and oxygen atoms in total. The number of nitro benzene ring substituents is 1. The van der Waals surface area contributed by atoms with Crippen LogP contribution in [0.25, 0.3) is 0 Å². The van der Waals surface area contributed by atoms with Crippen molar-refractivity contribution in [2.75, 3.05) is 25.5 Å². The zero-order chi connectivity index (χ0) is 19.4. The summed E-state index contributed by atoms with van der Waals surface area (Å²) < 4.78 is 0. The molecule has 1 unspecified atom stereocenters. The number of carbonyl (C=O) groups is 1. The van der Waals surface area contributed by atoms with Crippen molar-refractivity contribution in [2.45, 2.75) is 19.0 Å². The van der Waals surface area contributed by atoms with Gasteiger partial charge in [-0.25, -0.2) is 0 Å². The Morgan fingerprint density at radius 3 is 2.75 bits per heavy atom. The number of nitro groups is 1. The molecule has 0 saturated carbocycles. The maximum absolute atomic E-state index is 12.7. The number of carbonyl (C=O) groups excluding carboxylic acids is 1. The maximum atomic E-state index is 12.7. The van der Waals surface area contributed by atoms with Crippen LogP contribution in [0.5, 0.6) is 0 Å². The van der Waals surface area contributed by atoms with Crippen LogP contribution in [0.3, 0.4) is 0 Å². The van der Waals surface area contributed by atoms with E-state index in [0.717, 1.165) is 25.1 Å². The van der Waals surface area contributed by atoms with Crippen molar-refractivity contribution in [3.05, 3.63) is 68.7 Å². The standard InChI is InChI=1S/C19H21ClN4O3.ClH/c1-23(15-8-9-21-12-15)19(25)13-6-7-17(18(10-13)24(26)27)22-11-14-4-2-3-5-16(14)20;/h2-7,10,15,21-22H,8-9,11-12H2,1H3;1H. The van der Waals surface area contributed by atoms with Gasteiger partial charge in [-0.1, -0.05) is 29.8 Å². The second-order valence-electron chi connectivity index (χ2n) is 6.50. The first kappa shape index (κ1) is 21.9. The Bertz CT molecular complexity index is 857. The van der Waals surface area contributed by atoms with Crippen molar-refractivity contribution in [1.29, 1.82) is 0 Å². The number of nitrogens with zero attached hydrogens (tertiary/aromatic N) is 2. The number of anilines is 1. The summed E-state index contributed by atoms with van der Waals surface area (Å²) in [6, 6.07) is 11.9. The van der Waals surface area contributed by atoms with Gasteiger partial charge >= 0.3 is 0 Å². The van der Waals surface area contributed by atoms with Gasteiger partial charge in [0.25, 0.3) is 11.6 Å². The molecule has 3 rings (SSSR count). The molecule has 1 aliphatic heterocycles. The molecule has 150 valence electrons. The van der Waals surface area contributed by atoms with Crippen molar-refractivity contribution < 1.29 is 9.72 Å². The van der Waals surface area contributed by atoms with E-state index in [1.807, 2.05) is 18.2 Å². The van der Waals surface area contributed by atoms with Crippen LogP contribution in [-0.2, 0) is 6.54 Å². The normalized spacial score (nSPS) is 15.6. The number of nitrogens with one attached hydrogen (secondary N) is 2. The van der Waals surface area contributed by atoms with Crippen LogP contribution in [0.2, 0.25) is 5.02 Å². The fraction of sp³-hybridized carbons (Fsp3) is 0.316. The van der Waals surface area contributed by atoms with E-state index in [1.165, 1.54) is 6.07 Å². The summed E-state index contributed by atoms with van der Waals surface area (Å²) in [4.78, 5) is 25.4. The summed E-state index contributed by atoms with van der Waals surface area (Å²) in [5, 5.41) is 18.3. The average molecular weight is 425 g/mol. The van der Waals surface area contributed by atoms with Gasteiger partial charge in [-0.15, -0.1) is 12.4 Å². The maximum Gasteiger partial charge on any atom is 0.293 e. The lowest BCUT2D eigenvalue weighted by atomic mass is 10.1. The van der Waals surface area contributed by atoms with Crippen LogP contribution in [-0.4, -0.2) is 41.9 Å². The number of benzene rings is 2. The van der Waals surface area contributed by atoms with Crippen LogP contribution < -0.4 is 10.6 Å². The fourth-order valence-corrected chi connectivity index (χ4v) is 3.34. The van der Waals surface area contributed by atoms with Gasteiger partial charge in [0.1, 0.15) is 5.69 Å². The van der Waals surface area contributed by atoms with Crippen LogP contribution in [0, 0.1) is 10.1 Å². The summed E-state index contributed by atoms with van der Waals surface area (Å²) in [6.07, 6.45) is 0.877. The first-order valence-electron chi connectivity index (χ1n) is 8.71. The summed E-state index contributed by atoms with van der Waals surface area (Å²) in [5.74, 6) is -0.218. The molecule has 1 heterocycles. The number of amides is 1. The van der Waals surface area contributed by atoms with Gasteiger partial charge in [0.05, 0.1) is 4.92 Å². The molecule has 0 bridgehead atoms. The molecule has 28 heavy (non-hydrogen) atoms. The minimum absolute atomic E-state index is 0. The summed E-state index contributed by atoms with van der Waals surface area (Å²) in [7, 11) is 1.73. The van der Waals surface area contributed by atoms with Crippen LogP contribution in [0.15, 0.2) is 42.5 Å². The van der Waals surface area contributed by atoms with Crippen LogP contribution in [0.4, 0.5) is 11.4 Å².